The summed E-state index contributed by atoms with van der Waals surface area (Å²) in [6.45, 7) is 5.28. The zero-order valence-corrected chi connectivity index (χ0v) is 19.5. The number of anilines is 1. The lowest BCUT2D eigenvalue weighted by atomic mass is 10.0. The number of nitrogens with zero attached hydrogens (tertiary/aromatic N) is 1. The molecule has 0 aliphatic rings. The molecule has 0 bridgehead atoms. The van der Waals surface area contributed by atoms with Gasteiger partial charge >= 0.3 is 0 Å². The van der Waals surface area contributed by atoms with Crippen molar-refractivity contribution in [2.45, 2.75) is 31.7 Å². The van der Waals surface area contributed by atoms with Crippen molar-refractivity contribution in [1.29, 1.82) is 0 Å². The number of halogens is 2. The van der Waals surface area contributed by atoms with Crippen molar-refractivity contribution in [2.75, 3.05) is 10.8 Å². The van der Waals surface area contributed by atoms with Gasteiger partial charge in [-0.25, -0.2) is 12.8 Å². The maximum Gasteiger partial charge on any atom is 0.264 e. The molecule has 32 heavy (non-hydrogen) atoms. The third-order valence-corrected chi connectivity index (χ3v) is 7.16. The van der Waals surface area contributed by atoms with Crippen molar-refractivity contribution in [3.63, 3.8) is 0 Å². The van der Waals surface area contributed by atoms with Gasteiger partial charge in [0.25, 0.3) is 10.0 Å². The van der Waals surface area contributed by atoms with Gasteiger partial charge in [0.1, 0.15) is 12.4 Å². The van der Waals surface area contributed by atoms with E-state index in [4.69, 9.17) is 11.6 Å². The smallest absolute Gasteiger partial charge is 0.264 e. The molecule has 0 spiro atoms. The molecule has 0 radical (unpaired) electrons. The maximum atomic E-state index is 13.7. The molecule has 0 unspecified atom stereocenters. The quantitative estimate of drug-likeness (QED) is 0.513. The Kier molecular flexibility index (Phi) is 7.21. The van der Waals surface area contributed by atoms with Crippen molar-refractivity contribution < 1.29 is 17.6 Å². The topological polar surface area (TPSA) is 66.5 Å². The first kappa shape index (κ1) is 23.8. The van der Waals surface area contributed by atoms with Gasteiger partial charge in [0.15, 0.2) is 0 Å². The normalized spacial score (nSPS) is 12.3. The van der Waals surface area contributed by atoms with E-state index in [0.717, 1.165) is 27.1 Å². The molecule has 0 aromatic heterocycles. The molecule has 3 aromatic rings. The summed E-state index contributed by atoms with van der Waals surface area (Å²) in [4.78, 5) is 12.9. The van der Waals surface area contributed by atoms with E-state index in [1.807, 2.05) is 39.0 Å². The van der Waals surface area contributed by atoms with Crippen molar-refractivity contribution >= 4 is 33.2 Å². The highest BCUT2D eigenvalue weighted by Gasteiger charge is 2.28. The van der Waals surface area contributed by atoms with Crippen molar-refractivity contribution in [2.24, 2.45) is 0 Å². The van der Waals surface area contributed by atoms with Crippen molar-refractivity contribution in [3.8, 4) is 0 Å². The lowest BCUT2D eigenvalue weighted by Crippen LogP contribution is -2.41. The average molecular weight is 475 g/mol. The largest absolute Gasteiger partial charge is 0.348 e. The Morgan fingerprint density at radius 1 is 1.06 bits per heavy atom. The van der Waals surface area contributed by atoms with E-state index in [-0.39, 0.29) is 21.6 Å². The van der Waals surface area contributed by atoms with Crippen LogP contribution < -0.4 is 9.62 Å². The third-order valence-electron chi connectivity index (χ3n) is 5.08. The number of hydrogen-bond donors (Lipinski definition) is 1. The van der Waals surface area contributed by atoms with E-state index < -0.39 is 28.3 Å². The minimum absolute atomic E-state index is 0.00988. The highest BCUT2D eigenvalue weighted by atomic mass is 35.5. The molecule has 3 rings (SSSR count). The van der Waals surface area contributed by atoms with E-state index >= 15 is 0 Å². The molecule has 1 N–H and O–H groups in total. The van der Waals surface area contributed by atoms with Gasteiger partial charge in [-0.3, -0.25) is 9.10 Å². The van der Waals surface area contributed by atoms with Gasteiger partial charge in [0.2, 0.25) is 5.91 Å². The summed E-state index contributed by atoms with van der Waals surface area (Å²) in [6, 6.07) is 16.9. The molecule has 0 fully saturated rings. The summed E-state index contributed by atoms with van der Waals surface area (Å²) in [5.74, 6) is -1.18. The Bertz CT molecular complexity index is 1230. The zero-order valence-electron chi connectivity index (χ0n) is 18.0. The molecule has 0 aliphatic carbocycles. The minimum atomic E-state index is -4.10. The second-order valence-corrected chi connectivity index (χ2v) is 9.84. The molecule has 0 saturated carbocycles. The SMILES string of the molecule is Cc1ccc([C@H](C)NC(=O)CN(c2ccc(F)c(Cl)c2)S(=O)(=O)c2ccccc2)c(C)c1. The Morgan fingerprint density at radius 2 is 1.75 bits per heavy atom. The summed E-state index contributed by atoms with van der Waals surface area (Å²) in [5.41, 5.74) is 3.16. The number of nitrogens with one attached hydrogen (secondary N) is 1. The first-order valence-corrected chi connectivity index (χ1v) is 11.8. The Morgan fingerprint density at radius 3 is 2.38 bits per heavy atom. The molecule has 5 nitrogen and oxygen atoms in total. The van der Waals surface area contributed by atoms with Crippen molar-refractivity contribution in [1.82, 2.24) is 5.32 Å². The maximum absolute atomic E-state index is 13.7. The second kappa shape index (κ2) is 9.71. The van der Waals surface area contributed by atoms with Crippen LogP contribution in [0.1, 0.15) is 29.7 Å². The van der Waals surface area contributed by atoms with Crippen LogP contribution in [0.15, 0.2) is 71.6 Å². The van der Waals surface area contributed by atoms with Gasteiger partial charge in [-0.05, 0) is 62.2 Å². The van der Waals surface area contributed by atoms with Gasteiger partial charge in [-0.15, -0.1) is 0 Å². The summed E-state index contributed by atoms with van der Waals surface area (Å²) < 4.78 is 41.3. The summed E-state index contributed by atoms with van der Waals surface area (Å²) in [6.07, 6.45) is 0. The predicted octanol–water partition coefficient (Wildman–Crippen LogP) is 5.17. The fourth-order valence-corrected chi connectivity index (χ4v) is 5.09. The number of rotatable bonds is 7. The Hall–Kier alpha value is -2.90. The van der Waals surface area contributed by atoms with E-state index in [2.05, 4.69) is 5.32 Å². The molecular weight excluding hydrogens is 451 g/mol. The summed E-state index contributed by atoms with van der Waals surface area (Å²) >= 11 is 5.89. The lowest BCUT2D eigenvalue weighted by Gasteiger charge is -2.25. The number of benzene rings is 3. The first-order chi connectivity index (χ1) is 15.1. The summed E-state index contributed by atoms with van der Waals surface area (Å²) in [7, 11) is -4.10. The minimum Gasteiger partial charge on any atom is -0.348 e. The van der Waals surface area contributed by atoms with E-state index in [1.54, 1.807) is 18.2 Å². The molecule has 168 valence electrons. The number of sulfonamides is 1. The number of carbonyl (C=O) groups excluding carboxylic acids is 1. The molecule has 0 aliphatic heterocycles. The monoisotopic (exact) mass is 474 g/mol. The molecule has 1 amide bonds. The van der Waals surface area contributed by atoms with Gasteiger partial charge in [0.05, 0.1) is 21.6 Å². The highest BCUT2D eigenvalue weighted by Crippen LogP contribution is 2.28. The van der Waals surface area contributed by atoms with E-state index in [9.17, 15) is 17.6 Å². The lowest BCUT2D eigenvalue weighted by molar-refractivity contribution is -0.120. The van der Waals surface area contributed by atoms with Crippen LogP contribution in [0.25, 0.3) is 0 Å². The van der Waals surface area contributed by atoms with E-state index in [0.29, 0.717) is 0 Å². The highest BCUT2D eigenvalue weighted by molar-refractivity contribution is 7.92. The van der Waals surface area contributed by atoms with Crippen LogP contribution in [0.4, 0.5) is 10.1 Å². The third kappa shape index (κ3) is 5.29. The number of hydrogen-bond acceptors (Lipinski definition) is 3. The first-order valence-electron chi connectivity index (χ1n) is 9.99. The second-order valence-electron chi connectivity index (χ2n) is 7.57. The number of amides is 1. The molecule has 0 heterocycles. The Balaban J connectivity index is 1.91. The molecule has 0 saturated heterocycles. The zero-order chi connectivity index (χ0) is 23.5. The van der Waals surface area contributed by atoms with Crippen LogP contribution in [0, 0.1) is 19.7 Å². The van der Waals surface area contributed by atoms with Crippen molar-refractivity contribution in [3.05, 3.63) is 94.3 Å². The van der Waals surface area contributed by atoms with E-state index in [1.165, 1.54) is 24.3 Å². The van der Waals surface area contributed by atoms with Crippen LogP contribution in [0.3, 0.4) is 0 Å². The molecular formula is C24H24ClFN2O3S. The standard InChI is InChI=1S/C24H24ClFN2O3S/c1-16-9-11-21(17(2)13-16)18(3)27-24(29)15-28(19-10-12-23(26)22(25)14-19)32(30,31)20-7-5-4-6-8-20/h4-14,18H,15H2,1-3H3,(H,27,29)/t18-/m0/s1. The number of carbonyl (C=O) groups is 1. The van der Waals surface area contributed by atoms with Gasteiger partial charge in [0, 0.05) is 0 Å². The molecule has 3 aromatic carbocycles. The molecule has 1 atom stereocenters. The fraction of sp³-hybridized carbons (Fsp3) is 0.208. The number of aryl methyl sites for hydroxylation is 2. The van der Waals surface area contributed by atoms with Crippen LogP contribution in [-0.2, 0) is 14.8 Å². The van der Waals surface area contributed by atoms with Crippen LogP contribution in [0.2, 0.25) is 5.02 Å². The van der Waals surface area contributed by atoms with Gasteiger partial charge in [-0.2, -0.15) is 0 Å². The molecule has 8 heteroatoms. The van der Waals surface area contributed by atoms with Crippen LogP contribution in [0.5, 0.6) is 0 Å². The van der Waals surface area contributed by atoms with Crippen LogP contribution >= 0.6 is 11.6 Å². The van der Waals surface area contributed by atoms with Gasteiger partial charge in [-0.1, -0.05) is 53.6 Å². The van der Waals surface area contributed by atoms with Crippen LogP contribution in [-0.4, -0.2) is 20.9 Å². The predicted molar refractivity (Wildman–Crippen MR) is 125 cm³/mol. The van der Waals surface area contributed by atoms with Gasteiger partial charge < -0.3 is 5.32 Å². The fourth-order valence-electron chi connectivity index (χ4n) is 3.48. The Labute approximate surface area is 192 Å². The average Bonchev–Trinajstić information content (AvgIpc) is 2.74. The summed E-state index contributed by atoms with van der Waals surface area (Å²) in [5, 5.41) is 2.62.